The molecule has 1 aromatic carbocycles. The lowest BCUT2D eigenvalue weighted by molar-refractivity contribution is -0.129. The number of hydrogen-bond acceptors (Lipinski definition) is 7. The third kappa shape index (κ3) is 4.58. The molecule has 1 N–H and O–H groups in total. The number of nitriles is 1. The van der Waals surface area contributed by atoms with Crippen molar-refractivity contribution in [2.75, 3.05) is 42.9 Å². The number of nitrogens with zero attached hydrogens (tertiary/aromatic N) is 7. The molecule has 1 saturated heterocycles. The SMILES string of the molecule is CC(C)c1ccc(-c2nc3cnccn3c2NCC(=O)N2CCN(c3ncccc3C#N)CC2)cc1. The van der Waals surface area contributed by atoms with Gasteiger partial charge in [-0.25, -0.2) is 9.97 Å². The van der Waals surface area contributed by atoms with Crippen LogP contribution in [0.2, 0.25) is 0 Å². The fourth-order valence-corrected chi connectivity index (χ4v) is 4.48. The van der Waals surface area contributed by atoms with Gasteiger partial charge < -0.3 is 15.1 Å². The van der Waals surface area contributed by atoms with Gasteiger partial charge in [-0.2, -0.15) is 5.26 Å². The molecule has 1 fully saturated rings. The molecule has 36 heavy (non-hydrogen) atoms. The van der Waals surface area contributed by atoms with E-state index >= 15 is 0 Å². The van der Waals surface area contributed by atoms with Crippen LogP contribution in [0.4, 0.5) is 11.6 Å². The molecular weight excluding hydrogens is 452 g/mol. The molecule has 0 atom stereocenters. The van der Waals surface area contributed by atoms with E-state index in [4.69, 9.17) is 4.98 Å². The highest BCUT2D eigenvalue weighted by molar-refractivity contribution is 5.84. The van der Waals surface area contributed by atoms with Gasteiger partial charge in [-0.1, -0.05) is 38.1 Å². The fraction of sp³-hybridized carbons (Fsp3) is 0.296. The number of pyridine rings is 1. The second-order valence-corrected chi connectivity index (χ2v) is 9.10. The minimum atomic E-state index is 0.0151. The molecule has 5 rings (SSSR count). The summed E-state index contributed by atoms with van der Waals surface area (Å²) < 4.78 is 1.93. The Morgan fingerprint density at radius 3 is 2.61 bits per heavy atom. The van der Waals surface area contributed by atoms with Crippen molar-refractivity contribution >= 4 is 23.2 Å². The van der Waals surface area contributed by atoms with Crippen LogP contribution < -0.4 is 10.2 Å². The summed E-state index contributed by atoms with van der Waals surface area (Å²) in [6, 6.07) is 14.1. The van der Waals surface area contributed by atoms with Crippen LogP contribution in [-0.4, -0.2) is 62.9 Å². The van der Waals surface area contributed by atoms with Gasteiger partial charge in [0.1, 0.15) is 23.4 Å². The van der Waals surface area contributed by atoms with Crippen molar-refractivity contribution in [3.63, 3.8) is 0 Å². The summed E-state index contributed by atoms with van der Waals surface area (Å²) >= 11 is 0. The van der Waals surface area contributed by atoms with Crippen molar-refractivity contribution in [1.82, 2.24) is 24.3 Å². The maximum absolute atomic E-state index is 13.1. The Morgan fingerprint density at radius 1 is 1.11 bits per heavy atom. The Balaban J connectivity index is 1.29. The Kier molecular flexibility index (Phi) is 6.50. The van der Waals surface area contributed by atoms with E-state index in [0.717, 1.165) is 17.1 Å². The Morgan fingerprint density at radius 2 is 1.89 bits per heavy atom. The lowest BCUT2D eigenvalue weighted by atomic mass is 10.0. The highest BCUT2D eigenvalue weighted by atomic mass is 16.2. The maximum Gasteiger partial charge on any atom is 0.242 e. The maximum atomic E-state index is 13.1. The normalized spacial score (nSPS) is 13.7. The molecule has 1 aliphatic rings. The number of benzene rings is 1. The number of nitrogens with one attached hydrogen (secondary N) is 1. The topological polar surface area (TPSA) is 102 Å². The molecule has 182 valence electrons. The lowest BCUT2D eigenvalue weighted by Crippen LogP contribution is -2.50. The summed E-state index contributed by atoms with van der Waals surface area (Å²) in [7, 11) is 0. The van der Waals surface area contributed by atoms with Gasteiger partial charge in [0.2, 0.25) is 5.91 Å². The van der Waals surface area contributed by atoms with Crippen LogP contribution in [0.3, 0.4) is 0 Å². The Bertz CT molecular complexity index is 1410. The number of rotatable bonds is 6. The van der Waals surface area contributed by atoms with E-state index in [9.17, 15) is 10.1 Å². The summed E-state index contributed by atoms with van der Waals surface area (Å²) in [5.74, 6) is 1.91. The van der Waals surface area contributed by atoms with E-state index < -0.39 is 0 Å². The predicted molar refractivity (Wildman–Crippen MR) is 139 cm³/mol. The third-order valence-electron chi connectivity index (χ3n) is 6.53. The number of hydrogen-bond donors (Lipinski definition) is 1. The quantitative estimate of drug-likeness (QED) is 0.450. The molecule has 9 nitrogen and oxygen atoms in total. The molecule has 0 bridgehead atoms. The van der Waals surface area contributed by atoms with E-state index in [0.29, 0.717) is 49.1 Å². The van der Waals surface area contributed by atoms with Crippen molar-refractivity contribution in [2.24, 2.45) is 0 Å². The van der Waals surface area contributed by atoms with Gasteiger partial charge in [0.05, 0.1) is 18.3 Å². The average molecular weight is 481 g/mol. The summed E-state index contributed by atoms with van der Waals surface area (Å²) in [6.45, 7) is 6.90. The van der Waals surface area contributed by atoms with Crippen molar-refractivity contribution in [1.29, 1.82) is 5.26 Å². The first-order chi connectivity index (χ1) is 17.5. The van der Waals surface area contributed by atoms with Gasteiger partial charge in [-0.3, -0.25) is 14.2 Å². The van der Waals surface area contributed by atoms with Crippen molar-refractivity contribution < 1.29 is 4.79 Å². The van der Waals surface area contributed by atoms with Crippen molar-refractivity contribution in [2.45, 2.75) is 19.8 Å². The third-order valence-corrected chi connectivity index (χ3v) is 6.53. The molecule has 0 radical (unpaired) electrons. The Hall–Kier alpha value is -4.45. The largest absolute Gasteiger partial charge is 0.360 e. The molecule has 0 spiro atoms. The van der Waals surface area contributed by atoms with E-state index in [1.54, 1.807) is 30.7 Å². The minimum Gasteiger partial charge on any atom is -0.360 e. The summed E-state index contributed by atoms with van der Waals surface area (Å²) in [4.78, 5) is 30.4. The number of fused-ring (bicyclic) bond motifs is 1. The average Bonchev–Trinajstić information content (AvgIpc) is 3.30. The zero-order chi connectivity index (χ0) is 25.1. The molecule has 0 unspecified atom stereocenters. The summed E-state index contributed by atoms with van der Waals surface area (Å²) in [5.41, 5.74) is 4.30. The first-order valence-electron chi connectivity index (χ1n) is 12.1. The van der Waals surface area contributed by atoms with Gasteiger partial charge in [0, 0.05) is 50.3 Å². The lowest BCUT2D eigenvalue weighted by Gasteiger charge is -2.35. The first-order valence-corrected chi connectivity index (χ1v) is 12.1. The number of carbonyl (C=O) groups excluding carboxylic acids is 1. The molecule has 1 aliphatic heterocycles. The van der Waals surface area contributed by atoms with Gasteiger partial charge in [0.25, 0.3) is 0 Å². The van der Waals surface area contributed by atoms with Crippen LogP contribution in [0.5, 0.6) is 0 Å². The molecule has 4 heterocycles. The standard InChI is InChI=1S/C27H28N8O/c1-19(2)20-5-7-21(8-6-20)25-27(35-11-10-29-17-23(35)32-25)31-18-24(36)33-12-14-34(15-13-33)26-22(16-28)4-3-9-30-26/h3-11,17,19,31H,12-15,18H2,1-2H3. The number of imidazole rings is 1. The number of amides is 1. The van der Waals surface area contributed by atoms with Crippen LogP contribution >= 0.6 is 0 Å². The molecule has 0 aliphatic carbocycles. The van der Waals surface area contributed by atoms with Crippen LogP contribution in [-0.2, 0) is 4.79 Å². The van der Waals surface area contributed by atoms with Crippen LogP contribution in [0.1, 0.15) is 30.9 Å². The predicted octanol–water partition coefficient (Wildman–Crippen LogP) is 3.55. The monoisotopic (exact) mass is 480 g/mol. The molecular formula is C27H28N8O. The molecule has 4 aromatic rings. The van der Waals surface area contributed by atoms with E-state index in [1.807, 2.05) is 15.5 Å². The van der Waals surface area contributed by atoms with Crippen molar-refractivity contribution in [3.8, 4) is 17.3 Å². The zero-order valence-electron chi connectivity index (χ0n) is 20.4. The smallest absolute Gasteiger partial charge is 0.242 e. The number of anilines is 2. The first kappa shape index (κ1) is 23.3. The summed E-state index contributed by atoms with van der Waals surface area (Å²) in [5, 5.41) is 12.7. The van der Waals surface area contributed by atoms with Crippen LogP contribution in [0, 0.1) is 11.3 Å². The van der Waals surface area contributed by atoms with Crippen molar-refractivity contribution in [3.05, 3.63) is 72.3 Å². The Labute approximate surface area is 210 Å². The van der Waals surface area contributed by atoms with Gasteiger partial charge in [0.15, 0.2) is 5.65 Å². The minimum absolute atomic E-state index is 0.0151. The molecule has 9 heteroatoms. The van der Waals surface area contributed by atoms with Gasteiger partial charge in [-0.05, 0) is 23.6 Å². The zero-order valence-corrected chi connectivity index (χ0v) is 20.4. The molecule has 3 aromatic heterocycles. The molecule has 1 amide bonds. The van der Waals surface area contributed by atoms with Crippen LogP contribution in [0.15, 0.2) is 61.2 Å². The number of piperazine rings is 1. The van der Waals surface area contributed by atoms with E-state index in [1.165, 1.54) is 5.56 Å². The fourth-order valence-electron chi connectivity index (χ4n) is 4.48. The highest BCUT2D eigenvalue weighted by Crippen LogP contribution is 2.29. The number of aromatic nitrogens is 4. The van der Waals surface area contributed by atoms with Gasteiger partial charge >= 0.3 is 0 Å². The second-order valence-electron chi connectivity index (χ2n) is 9.10. The highest BCUT2D eigenvalue weighted by Gasteiger charge is 2.24. The van der Waals surface area contributed by atoms with Crippen LogP contribution in [0.25, 0.3) is 16.9 Å². The number of carbonyl (C=O) groups is 1. The summed E-state index contributed by atoms with van der Waals surface area (Å²) in [6.07, 6.45) is 6.96. The molecule has 0 saturated carbocycles. The van der Waals surface area contributed by atoms with E-state index in [2.05, 4.69) is 64.4 Å². The van der Waals surface area contributed by atoms with Gasteiger partial charge in [-0.15, -0.1) is 0 Å². The van der Waals surface area contributed by atoms with E-state index in [-0.39, 0.29) is 12.5 Å². The second kappa shape index (κ2) is 10.0.